The van der Waals surface area contributed by atoms with Crippen LogP contribution in [0.5, 0.6) is 0 Å². The Balaban J connectivity index is 1.51. The molecule has 0 aromatic carbocycles. The lowest BCUT2D eigenvalue weighted by Crippen LogP contribution is -2.34. The van der Waals surface area contributed by atoms with Gasteiger partial charge in [-0.15, -0.1) is 0 Å². The summed E-state index contributed by atoms with van der Waals surface area (Å²) in [7, 11) is 0. The minimum Gasteiger partial charge on any atom is -0.464 e. The number of nitrogens with one attached hydrogen (secondary N) is 1. The van der Waals surface area contributed by atoms with E-state index in [4.69, 9.17) is 4.74 Å². The zero-order valence-electron chi connectivity index (χ0n) is 14.4. The molecule has 0 spiro atoms. The van der Waals surface area contributed by atoms with Crippen molar-refractivity contribution in [2.45, 2.75) is 32.1 Å². The Morgan fingerprint density at radius 1 is 1.04 bits per heavy atom. The fraction of sp³-hybridized carbons (Fsp3) is 0.647. The molecule has 0 radical (unpaired) electrons. The van der Waals surface area contributed by atoms with Gasteiger partial charge in [0.2, 0.25) is 17.7 Å². The van der Waals surface area contributed by atoms with Gasteiger partial charge in [-0.25, -0.2) is 0 Å². The second kappa shape index (κ2) is 9.80. The number of rotatable bonds is 9. The second-order valence-corrected chi connectivity index (χ2v) is 6.09. The molecule has 2 aliphatic heterocycles. The highest BCUT2D eigenvalue weighted by atomic mass is 16.5. The van der Waals surface area contributed by atoms with Crippen molar-refractivity contribution in [2.24, 2.45) is 0 Å². The highest BCUT2D eigenvalue weighted by Crippen LogP contribution is 2.09. The highest BCUT2D eigenvalue weighted by molar-refractivity contribution is 5.88. The first-order valence-corrected chi connectivity index (χ1v) is 8.72. The Morgan fingerprint density at radius 2 is 1.68 bits per heavy atom. The van der Waals surface area contributed by atoms with Gasteiger partial charge in [0.15, 0.2) is 0 Å². The normalized spacial score (nSPS) is 17.6. The molecule has 0 saturated carbocycles. The third-order valence-corrected chi connectivity index (χ3v) is 4.20. The quantitative estimate of drug-likeness (QED) is 0.460. The van der Waals surface area contributed by atoms with E-state index in [-0.39, 0.29) is 30.7 Å². The Kier molecular flexibility index (Phi) is 7.43. The van der Waals surface area contributed by atoms with Crippen LogP contribution in [0.4, 0.5) is 0 Å². The average Bonchev–Trinajstić information content (AvgIpc) is 3.16. The summed E-state index contributed by atoms with van der Waals surface area (Å²) in [6, 6.07) is 0. The van der Waals surface area contributed by atoms with Crippen LogP contribution in [0.2, 0.25) is 0 Å². The lowest BCUT2D eigenvalue weighted by molar-refractivity contribution is -0.144. The van der Waals surface area contributed by atoms with Gasteiger partial charge >= 0.3 is 5.97 Å². The Hall–Kier alpha value is -2.38. The molecule has 0 aliphatic carbocycles. The summed E-state index contributed by atoms with van der Waals surface area (Å²) in [4.78, 5) is 49.4. The van der Waals surface area contributed by atoms with E-state index in [0.29, 0.717) is 32.5 Å². The fourth-order valence-corrected chi connectivity index (χ4v) is 2.84. The predicted molar refractivity (Wildman–Crippen MR) is 89.4 cm³/mol. The summed E-state index contributed by atoms with van der Waals surface area (Å²) in [5, 5.41) is 2.67. The van der Waals surface area contributed by atoms with Crippen molar-refractivity contribution >= 4 is 23.7 Å². The molecule has 3 amide bonds. The first-order valence-electron chi connectivity index (χ1n) is 8.72. The lowest BCUT2D eigenvalue weighted by Gasteiger charge is -2.15. The van der Waals surface area contributed by atoms with Crippen LogP contribution in [-0.2, 0) is 23.9 Å². The van der Waals surface area contributed by atoms with E-state index >= 15 is 0 Å². The van der Waals surface area contributed by atoms with Crippen LogP contribution >= 0.6 is 0 Å². The van der Waals surface area contributed by atoms with E-state index in [9.17, 15) is 19.2 Å². The molecule has 8 heteroatoms. The van der Waals surface area contributed by atoms with Gasteiger partial charge in [-0.2, -0.15) is 0 Å². The third-order valence-electron chi connectivity index (χ3n) is 4.20. The standard InChI is InChI=1S/C17H25N3O5/c21-14(18-8-11-19-9-2-5-15(19)22)4-1-7-17(24)25-13-12-20-10-3-6-16(20)23/h1,4H,2-3,5-13H2,(H,18,21)/b4-1-. The molecule has 0 aromatic heterocycles. The largest absolute Gasteiger partial charge is 0.464 e. The van der Waals surface area contributed by atoms with Gasteiger partial charge in [-0.3, -0.25) is 19.2 Å². The maximum Gasteiger partial charge on any atom is 0.309 e. The SMILES string of the molecule is O=C(/C=C\CC(=O)OCCN1CCCC1=O)NCCN1CCCC1=O. The maximum absolute atomic E-state index is 11.6. The van der Waals surface area contributed by atoms with Crippen molar-refractivity contribution in [2.75, 3.05) is 39.3 Å². The van der Waals surface area contributed by atoms with Crippen LogP contribution in [-0.4, -0.2) is 72.8 Å². The van der Waals surface area contributed by atoms with Crippen LogP contribution in [0.15, 0.2) is 12.2 Å². The number of hydrogen-bond acceptors (Lipinski definition) is 5. The first kappa shape index (κ1) is 19.0. The molecule has 138 valence electrons. The fourth-order valence-electron chi connectivity index (χ4n) is 2.84. The molecule has 2 saturated heterocycles. The van der Waals surface area contributed by atoms with Crippen molar-refractivity contribution < 1.29 is 23.9 Å². The van der Waals surface area contributed by atoms with Gasteiger partial charge in [0.05, 0.1) is 13.0 Å². The van der Waals surface area contributed by atoms with Gasteiger partial charge in [0.25, 0.3) is 0 Å². The highest BCUT2D eigenvalue weighted by Gasteiger charge is 2.20. The van der Waals surface area contributed by atoms with Gasteiger partial charge < -0.3 is 19.9 Å². The van der Waals surface area contributed by atoms with Gasteiger partial charge in [-0.1, -0.05) is 6.08 Å². The number of likely N-dealkylation sites (tertiary alicyclic amines) is 2. The van der Waals surface area contributed by atoms with E-state index in [0.717, 1.165) is 25.9 Å². The summed E-state index contributed by atoms with van der Waals surface area (Å²) in [5.74, 6) is -0.508. The first-order chi connectivity index (χ1) is 12.1. The molecule has 2 aliphatic rings. The number of esters is 1. The molecule has 0 aromatic rings. The van der Waals surface area contributed by atoms with Crippen molar-refractivity contribution in [1.29, 1.82) is 0 Å². The summed E-state index contributed by atoms with van der Waals surface area (Å²) in [5.41, 5.74) is 0. The Labute approximate surface area is 147 Å². The molecule has 8 nitrogen and oxygen atoms in total. The number of nitrogens with zero attached hydrogens (tertiary/aromatic N) is 2. The number of ether oxygens (including phenoxy) is 1. The van der Waals surface area contributed by atoms with Gasteiger partial charge in [-0.05, 0) is 18.9 Å². The predicted octanol–water partition coefficient (Wildman–Crippen LogP) is -0.163. The van der Waals surface area contributed by atoms with E-state index in [2.05, 4.69) is 5.32 Å². The zero-order valence-corrected chi connectivity index (χ0v) is 14.4. The minimum atomic E-state index is -0.432. The van der Waals surface area contributed by atoms with Crippen LogP contribution < -0.4 is 5.32 Å². The van der Waals surface area contributed by atoms with Gasteiger partial charge in [0.1, 0.15) is 6.61 Å². The molecule has 2 rings (SSSR count). The molecule has 25 heavy (non-hydrogen) atoms. The minimum absolute atomic E-state index is 0.00593. The molecular formula is C17H25N3O5. The molecule has 1 N–H and O–H groups in total. The summed E-state index contributed by atoms with van der Waals surface area (Å²) in [6.45, 7) is 2.97. The average molecular weight is 351 g/mol. The van der Waals surface area contributed by atoms with Crippen LogP contribution in [0.25, 0.3) is 0 Å². The van der Waals surface area contributed by atoms with E-state index in [1.807, 2.05) is 0 Å². The topological polar surface area (TPSA) is 96.0 Å². The number of carbonyl (C=O) groups is 4. The summed E-state index contributed by atoms with van der Waals surface area (Å²) < 4.78 is 5.03. The monoisotopic (exact) mass is 351 g/mol. The smallest absolute Gasteiger partial charge is 0.309 e. The number of carbonyl (C=O) groups excluding carboxylic acids is 4. The maximum atomic E-state index is 11.6. The summed E-state index contributed by atoms with van der Waals surface area (Å²) >= 11 is 0. The third kappa shape index (κ3) is 6.56. The number of amides is 3. The molecule has 0 atom stereocenters. The van der Waals surface area contributed by atoms with Crippen molar-refractivity contribution in [3.8, 4) is 0 Å². The van der Waals surface area contributed by atoms with Crippen LogP contribution in [0, 0.1) is 0 Å². The van der Waals surface area contributed by atoms with E-state index < -0.39 is 5.97 Å². The van der Waals surface area contributed by atoms with Crippen molar-refractivity contribution in [3.05, 3.63) is 12.2 Å². The van der Waals surface area contributed by atoms with E-state index in [1.54, 1.807) is 9.80 Å². The molecular weight excluding hydrogens is 326 g/mol. The molecule has 0 bridgehead atoms. The van der Waals surface area contributed by atoms with Crippen molar-refractivity contribution in [1.82, 2.24) is 15.1 Å². The number of hydrogen-bond donors (Lipinski definition) is 1. The summed E-state index contributed by atoms with van der Waals surface area (Å²) in [6.07, 6.45) is 5.62. The Morgan fingerprint density at radius 3 is 2.28 bits per heavy atom. The van der Waals surface area contributed by atoms with Crippen molar-refractivity contribution in [3.63, 3.8) is 0 Å². The molecule has 0 unspecified atom stereocenters. The lowest BCUT2D eigenvalue weighted by atomic mass is 10.3. The Bertz CT molecular complexity index is 546. The molecule has 2 heterocycles. The second-order valence-electron chi connectivity index (χ2n) is 6.09. The van der Waals surface area contributed by atoms with Crippen LogP contribution in [0.1, 0.15) is 32.1 Å². The van der Waals surface area contributed by atoms with E-state index in [1.165, 1.54) is 12.2 Å². The zero-order chi connectivity index (χ0) is 18.1. The molecule has 2 fully saturated rings. The van der Waals surface area contributed by atoms with Gasteiger partial charge in [0, 0.05) is 39.0 Å². The van der Waals surface area contributed by atoms with Crippen LogP contribution in [0.3, 0.4) is 0 Å².